The maximum absolute atomic E-state index is 12.0. The van der Waals surface area contributed by atoms with Crippen LogP contribution in [0.4, 0.5) is 4.79 Å². The summed E-state index contributed by atoms with van der Waals surface area (Å²) in [4.78, 5) is 18.3. The van der Waals surface area contributed by atoms with Gasteiger partial charge in [0.2, 0.25) is 0 Å². The van der Waals surface area contributed by atoms with Crippen molar-refractivity contribution in [3.8, 4) is 0 Å². The Bertz CT molecular complexity index is 634. The number of rotatable bonds is 5. The van der Waals surface area contributed by atoms with Gasteiger partial charge in [0.1, 0.15) is 5.60 Å². The van der Waals surface area contributed by atoms with Crippen LogP contribution in [0, 0.1) is 0 Å². The average molecular weight is 362 g/mol. The zero-order chi connectivity index (χ0) is 19.2. The van der Waals surface area contributed by atoms with Crippen LogP contribution in [-0.2, 0) is 17.9 Å². The van der Waals surface area contributed by atoms with Crippen LogP contribution in [0.5, 0.6) is 0 Å². The predicted octanol–water partition coefficient (Wildman–Crippen LogP) is 1.85. The highest BCUT2D eigenvalue weighted by Crippen LogP contribution is 2.15. The van der Waals surface area contributed by atoms with E-state index in [2.05, 4.69) is 15.6 Å². The number of nitrogens with zero attached hydrogens (tertiary/aromatic N) is 2. The zero-order valence-electron chi connectivity index (χ0n) is 16.1. The van der Waals surface area contributed by atoms with Gasteiger partial charge in [-0.15, -0.1) is 0 Å². The standard InChI is InChI=1S/C19H30N4O3/c1-5-20-17(21-10-14-8-6-7-9-15(14)13-24)22-16-11-23(12-16)18(25)26-19(2,3)4/h6-9,16,24H,5,10-13H2,1-4H3,(H2,20,21,22). The highest BCUT2D eigenvalue weighted by atomic mass is 16.6. The molecule has 7 heteroatoms. The molecule has 1 aromatic carbocycles. The van der Waals surface area contributed by atoms with Crippen molar-refractivity contribution in [2.45, 2.75) is 52.5 Å². The Labute approximate surface area is 155 Å². The Hall–Kier alpha value is -2.28. The third kappa shape index (κ3) is 5.91. The highest BCUT2D eigenvalue weighted by Gasteiger charge is 2.34. The van der Waals surface area contributed by atoms with Crippen molar-refractivity contribution >= 4 is 12.1 Å². The average Bonchev–Trinajstić information content (AvgIpc) is 2.53. The highest BCUT2D eigenvalue weighted by molar-refractivity contribution is 5.80. The molecule has 1 saturated heterocycles. The number of hydrogen-bond acceptors (Lipinski definition) is 4. The molecule has 3 N–H and O–H groups in total. The molecule has 7 nitrogen and oxygen atoms in total. The predicted molar refractivity (Wildman–Crippen MR) is 102 cm³/mol. The molecule has 0 unspecified atom stereocenters. The summed E-state index contributed by atoms with van der Waals surface area (Å²) in [6.45, 7) is 10.0. The fraction of sp³-hybridized carbons (Fsp3) is 0.579. The largest absolute Gasteiger partial charge is 0.444 e. The Morgan fingerprint density at radius 1 is 1.31 bits per heavy atom. The van der Waals surface area contributed by atoms with Gasteiger partial charge in [-0.1, -0.05) is 24.3 Å². The summed E-state index contributed by atoms with van der Waals surface area (Å²) in [6.07, 6.45) is -0.283. The van der Waals surface area contributed by atoms with Crippen LogP contribution in [0.15, 0.2) is 29.3 Å². The molecule has 1 amide bonds. The molecule has 1 fully saturated rings. The second-order valence-electron chi connectivity index (χ2n) is 7.35. The molecule has 0 radical (unpaired) electrons. The van der Waals surface area contributed by atoms with Crippen LogP contribution < -0.4 is 10.6 Å². The topological polar surface area (TPSA) is 86.2 Å². The SMILES string of the molecule is CCNC(=NCc1ccccc1CO)NC1CN(C(=O)OC(C)(C)C)C1. The Morgan fingerprint density at radius 2 is 1.96 bits per heavy atom. The van der Waals surface area contributed by atoms with Crippen LogP contribution in [0.3, 0.4) is 0 Å². The minimum atomic E-state index is -0.480. The number of carbonyl (C=O) groups excluding carboxylic acids is 1. The smallest absolute Gasteiger partial charge is 0.410 e. The second kappa shape index (κ2) is 8.89. The van der Waals surface area contributed by atoms with Crippen molar-refractivity contribution in [1.29, 1.82) is 0 Å². The second-order valence-corrected chi connectivity index (χ2v) is 7.35. The van der Waals surface area contributed by atoms with Crippen molar-refractivity contribution in [2.24, 2.45) is 4.99 Å². The Kier molecular flexibility index (Phi) is 6.85. The summed E-state index contributed by atoms with van der Waals surface area (Å²) >= 11 is 0. The molecule has 1 aromatic rings. The van der Waals surface area contributed by atoms with E-state index in [1.807, 2.05) is 52.0 Å². The van der Waals surface area contributed by atoms with Gasteiger partial charge in [0.15, 0.2) is 5.96 Å². The fourth-order valence-corrected chi connectivity index (χ4v) is 2.59. The van der Waals surface area contributed by atoms with E-state index in [9.17, 15) is 9.90 Å². The van der Waals surface area contributed by atoms with E-state index in [0.717, 1.165) is 17.7 Å². The van der Waals surface area contributed by atoms with Crippen LogP contribution in [0.25, 0.3) is 0 Å². The lowest BCUT2D eigenvalue weighted by Gasteiger charge is -2.40. The van der Waals surface area contributed by atoms with Crippen molar-refractivity contribution in [1.82, 2.24) is 15.5 Å². The van der Waals surface area contributed by atoms with Crippen molar-refractivity contribution in [2.75, 3.05) is 19.6 Å². The first-order chi connectivity index (χ1) is 12.3. The molecular weight excluding hydrogens is 332 g/mol. The Balaban J connectivity index is 1.88. The number of aliphatic imine (C=N–C) groups is 1. The summed E-state index contributed by atoms with van der Waals surface area (Å²) < 4.78 is 5.36. The molecule has 2 rings (SSSR count). The lowest BCUT2D eigenvalue weighted by atomic mass is 10.1. The minimum Gasteiger partial charge on any atom is -0.444 e. The van der Waals surface area contributed by atoms with E-state index in [-0.39, 0.29) is 18.7 Å². The number of hydrogen-bond donors (Lipinski definition) is 3. The molecule has 26 heavy (non-hydrogen) atoms. The van der Waals surface area contributed by atoms with E-state index in [0.29, 0.717) is 25.6 Å². The first-order valence-corrected chi connectivity index (χ1v) is 9.02. The quantitative estimate of drug-likeness (QED) is 0.550. The van der Waals surface area contributed by atoms with Crippen LogP contribution in [-0.4, -0.2) is 53.3 Å². The van der Waals surface area contributed by atoms with Gasteiger partial charge in [-0.3, -0.25) is 0 Å². The monoisotopic (exact) mass is 362 g/mol. The molecule has 0 spiro atoms. The van der Waals surface area contributed by atoms with Crippen molar-refractivity contribution in [3.05, 3.63) is 35.4 Å². The lowest BCUT2D eigenvalue weighted by Crippen LogP contribution is -2.63. The molecule has 0 aromatic heterocycles. The summed E-state index contributed by atoms with van der Waals surface area (Å²) in [7, 11) is 0. The molecule has 1 aliphatic heterocycles. The third-order valence-electron chi connectivity index (χ3n) is 3.91. The molecule has 144 valence electrons. The van der Waals surface area contributed by atoms with E-state index in [1.165, 1.54) is 0 Å². The van der Waals surface area contributed by atoms with Gasteiger partial charge in [-0.2, -0.15) is 0 Å². The number of benzene rings is 1. The van der Waals surface area contributed by atoms with Crippen molar-refractivity contribution < 1.29 is 14.6 Å². The number of guanidine groups is 1. The molecular formula is C19H30N4O3. The fourth-order valence-electron chi connectivity index (χ4n) is 2.59. The van der Waals surface area contributed by atoms with Gasteiger partial charge in [0, 0.05) is 19.6 Å². The number of carbonyl (C=O) groups is 1. The summed E-state index contributed by atoms with van der Waals surface area (Å²) in [5.41, 5.74) is 1.40. The number of likely N-dealkylation sites (tertiary alicyclic amines) is 1. The van der Waals surface area contributed by atoms with E-state index in [4.69, 9.17) is 4.74 Å². The third-order valence-corrected chi connectivity index (χ3v) is 3.91. The summed E-state index contributed by atoms with van der Waals surface area (Å²) in [5, 5.41) is 16.0. The molecule has 1 aliphatic rings. The zero-order valence-corrected chi connectivity index (χ0v) is 16.1. The van der Waals surface area contributed by atoms with E-state index in [1.54, 1.807) is 4.90 Å². The van der Waals surface area contributed by atoms with Gasteiger partial charge in [-0.25, -0.2) is 9.79 Å². The molecule has 0 atom stereocenters. The maximum Gasteiger partial charge on any atom is 0.410 e. The molecule has 0 saturated carbocycles. The summed E-state index contributed by atoms with van der Waals surface area (Å²) in [5.74, 6) is 0.703. The maximum atomic E-state index is 12.0. The number of ether oxygens (including phenoxy) is 1. The molecule has 0 aliphatic carbocycles. The first kappa shape index (κ1) is 20.0. The van der Waals surface area contributed by atoms with Gasteiger partial charge in [0.25, 0.3) is 0 Å². The van der Waals surface area contributed by atoms with Gasteiger partial charge < -0.3 is 25.4 Å². The molecule has 0 bridgehead atoms. The number of amides is 1. The van der Waals surface area contributed by atoms with Gasteiger partial charge >= 0.3 is 6.09 Å². The Morgan fingerprint density at radius 3 is 2.54 bits per heavy atom. The van der Waals surface area contributed by atoms with Crippen molar-refractivity contribution in [3.63, 3.8) is 0 Å². The minimum absolute atomic E-state index is 0.00311. The normalized spacial score (nSPS) is 15.4. The number of nitrogens with one attached hydrogen (secondary N) is 2. The van der Waals surface area contributed by atoms with Crippen LogP contribution in [0.2, 0.25) is 0 Å². The van der Waals surface area contributed by atoms with E-state index >= 15 is 0 Å². The number of aliphatic hydroxyl groups excluding tert-OH is 1. The van der Waals surface area contributed by atoms with Crippen LogP contribution >= 0.6 is 0 Å². The van der Waals surface area contributed by atoms with Crippen LogP contribution in [0.1, 0.15) is 38.8 Å². The lowest BCUT2D eigenvalue weighted by molar-refractivity contribution is 0.00701. The molecule has 1 heterocycles. The van der Waals surface area contributed by atoms with Gasteiger partial charge in [0.05, 0.1) is 19.2 Å². The van der Waals surface area contributed by atoms with Gasteiger partial charge in [-0.05, 0) is 38.8 Å². The number of aliphatic hydroxyl groups is 1. The van der Waals surface area contributed by atoms with E-state index < -0.39 is 5.60 Å². The summed E-state index contributed by atoms with van der Waals surface area (Å²) in [6, 6.07) is 7.85. The first-order valence-electron chi connectivity index (χ1n) is 9.02.